The van der Waals surface area contributed by atoms with Crippen LogP contribution in [-0.2, 0) is 0 Å². The average molecular weight is 270 g/mol. The fourth-order valence-electron chi connectivity index (χ4n) is 1.67. The Balaban J connectivity index is 2.73. The van der Waals surface area contributed by atoms with Gasteiger partial charge in [0.15, 0.2) is 0 Å². The molecule has 1 N–H and O–H groups in total. The molecule has 0 aliphatic carbocycles. The van der Waals surface area contributed by atoms with E-state index < -0.39 is 0 Å². The van der Waals surface area contributed by atoms with Gasteiger partial charge < -0.3 is 5.32 Å². The van der Waals surface area contributed by atoms with E-state index in [4.69, 9.17) is 11.6 Å². The zero-order chi connectivity index (χ0) is 12.7. The van der Waals surface area contributed by atoms with Crippen LogP contribution in [0.5, 0.6) is 0 Å². The molecule has 1 atom stereocenters. The van der Waals surface area contributed by atoms with Crippen molar-refractivity contribution in [3.8, 4) is 11.8 Å². The highest BCUT2D eigenvalue weighted by Crippen LogP contribution is 2.34. The first kappa shape index (κ1) is 14.6. The van der Waals surface area contributed by atoms with E-state index in [2.05, 4.69) is 36.4 Å². The van der Waals surface area contributed by atoms with E-state index in [-0.39, 0.29) is 0 Å². The van der Waals surface area contributed by atoms with Crippen molar-refractivity contribution in [3.05, 3.63) is 20.8 Å². The predicted molar refractivity (Wildman–Crippen MR) is 77.8 cm³/mol. The van der Waals surface area contributed by atoms with Crippen LogP contribution in [0, 0.1) is 18.8 Å². The third-order valence-corrected chi connectivity index (χ3v) is 4.44. The molecule has 17 heavy (non-hydrogen) atoms. The summed E-state index contributed by atoms with van der Waals surface area (Å²) >= 11 is 8.08. The molecule has 1 aromatic heterocycles. The predicted octanol–water partition coefficient (Wildman–Crippen LogP) is 4.55. The van der Waals surface area contributed by atoms with Gasteiger partial charge in [0.2, 0.25) is 0 Å². The maximum Gasteiger partial charge on any atom is 0.0590 e. The van der Waals surface area contributed by atoms with E-state index in [0.717, 1.165) is 30.8 Å². The first-order valence-corrected chi connectivity index (χ1v) is 7.32. The minimum absolute atomic E-state index is 0.349. The van der Waals surface area contributed by atoms with E-state index in [0.29, 0.717) is 6.04 Å². The van der Waals surface area contributed by atoms with Crippen LogP contribution in [0.3, 0.4) is 0 Å². The van der Waals surface area contributed by atoms with Crippen molar-refractivity contribution >= 4 is 22.9 Å². The molecule has 94 valence electrons. The first-order chi connectivity index (χ1) is 8.20. The number of rotatable bonds is 6. The van der Waals surface area contributed by atoms with Gasteiger partial charge in [-0.3, -0.25) is 0 Å². The minimum atomic E-state index is 0.349. The Bertz CT molecular complexity index is 400. The van der Waals surface area contributed by atoms with Crippen LogP contribution in [0.1, 0.15) is 49.6 Å². The van der Waals surface area contributed by atoms with Gasteiger partial charge in [-0.1, -0.05) is 18.5 Å². The van der Waals surface area contributed by atoms with Gasteiger partial charge in [0.05, 0.1) is 5.02 Å². The highest BCUT2D eigenvalue weighted by Gasteiger charge is 2.16. The normalized spacial score (nSPS) is 12.0. The number of hydrogen-bond donors (Lipinski definition) is 1. The molecular formula is C14H20ClNS. The molecule has 1 unspecified atom stereocenters. The number of halogens is 1. The molecule has 1 nitrogen and oxygen atoms in total. The van der Waals surface area contributed by atoms with Crippen molar-refractivity contribution in [2.24, 2.45) is 0 Å². The molecule has 0 saturated carbocycles. The van der Waals surface area contributed by atoms with Crippen LogP contribution in [0.4, 0.5) is 0 Å². The summed E-state index contributed by atoms with van der Waals surface area (Å²) in [6.07, 6.45) is 3.09. The van der Waals surface area contributed by atoms with Crippen molar-refractivity contribution in [1.82, 2.24) is 5.32 Å². The summed E-state index contributed by atoms with van der Waals surface area (Å²) in [5.41, 5.74) is 1.18. The quantitative estimate of drug-likeness (QED) is 0.747. The van der Waals surface area contributed by atoms with Gasteiger partial charge in [-0.2, -0.15) is 0 Å². The molecule has 1 aromatic rings. The molecule has 0 amide bonds. The molecule has 1 rings (SSSR count). The lowest BCUT2D eigenvalue weighted by atomic mass is 10.1. The van der Waals surface area contributed by atoms with Crippen LogP contribution < -0.4 is 5.32 Å². The average Bonchev–Trinajstić information content (AvgIpc) is 2.65. The molecule has 3 heteroatoms. The van der Waals surface area contributed by atoms with Crippen molar-refractivity contribution in [2.45, 2.75) is 46.1 Å². The molecule has 0 aliphatic heterocycles. The summed E-state index contributed by atoms with van der Waals surface area (Å²) in [6.45, 7) is 7.15. The molecule has 0 aromatic carbocycles. The molecule has 0 bridgehead atoms. The lowest BCUT2D eigenvalue weighted by Gasteiger charge is -2.16. The van der Waals surface area contributed by atoms with Gasteiger partial charge in [0, 0.05) is 17.3 Å². The second-order valence-corrected chi connectivity index (χ2v) is 5.36. The Morgan fingerprint density at radius 3 is 2.82 bits per heavy atom. The third kappa shape index (κ3) is 4.35. The Kier molecular flexibility index (Phi) is 6.65. The lowest BCUT2D eigenvalue weighted by molar-refractivity contribution is 0.512. The van der Waals surface area contributed by atoms with Crippen molar-refractivity contribution in [2.75, 3.05) is 6.54 Å². The van der Waals surface area contributed by atoms with Crippen molar-refractivity contribution in [3.63, 3.8) is 0 Å². The number of thiophene rings is 1. The van der Waals surface area contributed by atoms with Gasteiger partial charge in [0.1, 0.15) is 0 Å². The topological polar surface area (TPSA) is 12.0 Å². The molecule has 0 fully saturated rings. The largest absolute Gasteiger partial charge is 0.309 e. The second kappa shape index (κ2) is 7.76. The van der Waals surface area contributed by atoms with Gasteiger partial charge in [-0.05, 0) is 44.2 Å². The van der Waals surface area contributed by atoms with Crippen LogP contribution >= 0.6 is 22.9 Å². The molecule has 0 spiro atoms. The Hall–Kier alpha value is -0.490. The van der Waals surface area contributed by atoms with Gasteiger partial charge in [-0.25, -0.2) is 0 Å². The van der Waals surface area contributed by atoms with E-state index in [1.165, 1.54) is 10.4 Å². The molecular weight excluding hydrogens is 250 g/mol. The van der Waals surface area contributed by atoms with Crippen LogP contribution in [0.2, 0.25) is 5.02 Å². The summed E-state index contributed by atoms with van der Waals surface area (Å²) in [7, 11) is 0. The standard InChI is InChI=1S/C14H20ClNS/c1-4-6-7-8-12(16-9-5-2)14-13(15)11(3)10-17-14/h10,12,16H,5,7-9H2,1-3H3. The fourth-order valence-corrected chi connectivity index (χ4v) is 3.11. The zero-order valence-electron chi connectivity index (χ0n) is 10.8. The summed E-state index contributed by atoms with van der Waals surface area (Å²) in [5.74, 6) is 6.07. The second-order valence-electron chi connectivity index (χ2n) is 4.07. The van der Waals surface area contributed by atoms with Crippen molar-refractivity contribution in [1.29, 1.82) is 0 Å². The summed E-state index contributed by atoms with van der Waals surface area (Å²) in [5, 5.41) is 6.61. The SMILES string of the molecule is CC#CCCC(NCCC)c1scc(C)c1Cl. The van der Waals surface area contributed by atoms with Crippen LogP contribution in [0.25, 0.3) is 0 Å². The summed E-state index contributed by atoms with van der Waals surface area (Å²) < 4.78 is 0. The Labute approximate surface area is 114 Å². The summed E-state index contributed by atoms with van der Waals surface area (Å²) in [6, 6.07) is 0.349. The van der Waals surface area contributed by atoms with Gasteiger partial charge in [-0.15, -0.1) is 23.2 Å². The van der Waals surface area contributed by atoms with Gasteiger partial charge in [0.25, 0.3) is 0 Å². The Morgan fingerprint density at radius 2 is 2.29 bits per heavy atom. The maximum atomic E-state index is 6.33. The minimum Gasteiger partial charge on any atom is -0.309 e. The first-order valence-electron chi connectivity index (χ1n) is 6.07. The highest BCUT2D eigenvalue weighted by molar-refractivity contribution is 7.10. The molecule has 0 radical (unpaired) electrons. The van der Waals surface area contributed by atoms with Crippen LogP contribution in [0.15, 0.2) is 5.38 Å². The fraction of sp³-hybridized carbons (Fsp3) is 0.571. The molecule has 1 heterocycles. The number of hydrogen-bond acceptors (Lipinski definition) is 2. The number of nitrogens with one attached hydrogen (secondary N) is 1. The lowest BCUT2D eigenvalue weighted by Crippen LogP contribution is -2.21. The smallest absolute Gasteiger partial charge is 0.0590 e. The number of aryl methyl sites for hydroxylation is 1. The molecule has 0 aliphatic rings. The van der Waals surface area contributed by atoms with Crippen LogP contribution in [-0.4, -0.2) is 6.54 Å². The monoisotopic (exact) mass is 269 g/mol. The van der Waals surface area contributed by atoms with E-state index >= 15 is 0 Å². The van der Waals surface area contributed by atoms with E-state index in [9.17, 15) is 0 Å². The zero-order valence-corrected chi connectivity index (χ0v) is 12.3. The van der Waals surface area contributed by atoms with Crippen molar-refractivity contribution < 1.29 is 0 Å². The highest BCUT2D eigenvalue weighted by atomic mass is 35.5. The summed E-state index contributed by atoms with van der Waals surface area (Å²) in [4.78, 5) is 1.26. The van der Waals surface area contributed by atoms with Gasteiger partial charge >= 0.3 is 0 Å². The van der Waals surface area contributed by atoms with E-state index in [1.807, 2.05) is 6.92 Å². The van der Waals surface area contributed by atoms with E-state index in [1.54, 1.807) is 11.3 Å². The third-order valence-electron chi connectivity index (χ3n) is 2.62. The Morgan fingerprint density at radius 1 is 1.53 bits per heavy atom. The molecule has 0 saturated heterocycles. The maximum absolute atomic E-state index is 6.33.